The number of carbonyl (C=O) groups is 1. The van der Waals surface area contributed by atoms with Gasteiger partial charge in [0.15, 0.2) is 11.5 Å². The Hall–Kier alpha value is -1.95. The van der Waals surface area contributed by atoms with E-state index >= 15 is 0 Å². The standard InChI is InChI=1S/C10H11NO5/c1-6-3-7(9(12)5-16-2)4-8(10(6)13)11(14)15/h3-4,13H,5H2,1-2H3. The number of phenols is 1. The number of nitro benzene ring substituents is 1. The lowest BCUT2D eigenvalue weighted by Gasteiger charge is -2.04. The molecule has 0 aliphatic rings. The average molecular weight is 225 g/mol. The molecule has 0 spiro atoms. The summed E-state index contributed by atoms with van der Waals surface area (Å²) in [4.78, 5) is 21.3. The van der Waals surface area contributed by atoms with Crippen LogP contribution >= 0.6 is 0 Å². The third kappa shape index (κ3) is 2.34. The van der Waals surface area contributed by atoms with Gasteiger partial charge in [0, 0.05) is 18.7 Å². The van der Waals surface area contributed by atoms with Crippen LogP contribution in [0.2, 0.25) is 0 Å². The predicted octanol–water partition coefficient (Wildman–Crippen LogP) is 1.44. The first-order chi connectivity index (χ1) is 7.47. The molecule has 0 aliphatic carbocycles. The summed E-state index contributed by atoms with van der Waals surface area (Å²) < 4.78 is 4.65. The highest BCUT2D eigenvalue weighted by molar-refractivity contribution is 5.98. The monoisotopic (exact) mass is 225 g/mol. The van der Waals surface area contributed by atoms with Crippen molar-refractivity contribution in [3.63, 3.8) is 0 Å². The van der Waals surface area contributed by atoms with E-state index in [4.69, 9.17) is 0 Å². The van der Waals surface area contributed by atoms with Crippen molar-refractivity contribution in [2.45, 2.75) is 6.92 Å². The maximum atomic E-state index is 11.5. The minimum atomic E-state index is -0.730. The number of hydrogen-bond donors (Lipinski definition) is 1. The summed E-state index contributed by atoms with van der Waals surface area (Å²) >= 11 is 0. The van der Waals surface area contributed by atoms with E-state index in [1.807, 2.05) is 0 Å². The van der Waals surface area contributed by atoms with Crippen LogP contribution < -0.4 is 0 Å². The lowest BCUT2D eigenvalue weighted by molar-refractivity contribution is -0.385. The van der Waals surface area contributed by atoms with Gasteiger partial charge in [-0.3, -0.25) is 14.9 Å². The molecule has 1 aromatic carbocycles. The summed E-state index contributed by atoms with van der Waals surface area (Å²) in [7, 11) is 1.36. The number of benzene rings is 1. The van der Waals surface area contributed by atoms with E-state index in [2.05, 4.69) is 4.74 Å². The lowest BCUT2D eigenvalue weighted by atomic mass is 10.1. The first kappa shape index (κ1) is 12.1. The van der Waals surface area contributed by atoms with Gasteiger partial charge in [0.1, 0.15) is 6.61 Å². The van der Waals surface area contributed by atoms with E-state index < -0.39 is 16.4 Å². The van der Waals surface area contributed by atoms with Crippen molar-refractivity contribution in [3.8, 4) is 5.75 Å². The van der Waals surface area contributed by atoms with Crippen LogP contribution in [-0.4, -0.2) is 29.5 Å². The van der Waals surface area contributed by atoms with Gasteiger partial charge >= 0.3 is 5.69 Å². The number of ether oxygens (including phenoxy) is 1. The number of rotatable bonds is 4. The number of ketones is 1. The molecule has 1 N–H and O–H groups in total. The number of phenolic OH excluding ortho intramolecular Hbond substituents is 1. The first-order valence-electron chi connectivity index (χ1n) is 4.47. The molecule has 0 saturated heterocycles. The SMILES string of the molecule is COCC(=O)c1cc(C)c(O)c([N+](=O)[O-])c1. The number of aryl methyl sites for hydroxylation is 1. The van der Waals surface area contributed by atoms with Crippen molar-refractivity contribution in [1.29, 1.82) is 0 Å². The summed E-state index contributed by atoms with van der Waals surface area (Å²) in [6, 6.07) is 2.44. The minimum absolute atomic E-state index is 0.151. The van der Waals surface area contributed by atoms with Crippen LogP contribution in [0.5, 0.6) is 5.75 Å². The second kappa shape index (κ2) is 4.71. The number of methoxy groups -OCH3 is 1. The van der Waals surface area contributed by atoms with E-state index in [0.29, 0.717) is 0 Å². The number of nitrogens with zero attached hydrogens (tertiary/aromatic N) is 1. The molecule has 0 heterocycles. The molecule has 16 heavy (non-hydrogen) atoms. The molecule has 0 atom stereocenters. The van der Waals surface area contributed by atoms with Crippen molar-refractivity contribution in [3.05, 3.63) is 33.4 Å². The number of hydrogen-bond acceptors (Lipinski definition) is 5. The highest BCUT2D eigenvalue weighted by Crippen LogP contribution is 2.30. The van der Waals surface area contributed by atoms with E-state index in [1.54, 1.807) is 0 Å². The molecule has 6 nitrogen and oxygen atoms in total. The van der Waals surface area contributed by atoms with Crippen molar-refractivity contribution in [1.82, 2.24) is 0 Å². The average Bonchev–Trinajstić information content (AvgIpc) is 2.21. The van der Waals surface area contributed by atoms with E-state index in [0.717, 1.165) is 6.07 Å². The summed E-state index contributed by atoms with van der Waals surface area (Å²) in [6.07, 6.45) is 0. The Morgan fingerprint density at radius 2 is 2.19 bits per heavy atom. The van der Waals surface area contributed by atoms with Gasteiger partial charge in [-0.25, -0.2) is 0 Å². The Kier molecular flexibility index (Phi) is 3.57. The zero-order valence-corrected chi connectivity index (χ0v) is 8.89. The van der Waals surface area contributed by atoms with Gasteiger partial charge in [-0.15, -0.1) is 0 Å². The smallest absolute Gasteiger partial charge is 0.311 e. The highest BCUT2D eigenvalue weighted by atomic mass is 16.6. The Labute approximate surface area is 91.6 Å². The molecular weight excluding hydrogens is 214 g/mol. The molecule has 0 radical (unpaired) electrons. The number of nitro groups is 1. The number of aromatic hydroxyl groups is 1. The van der Waals surface area contributed by atoms with Gasteiger partial charge in [0.2, 0.25) is 0 Å². The molecule has 0 aromatic heterocycles. The van der Waals surface area contributed by atoms with E-state index in [-0.39, 0.29) is 23.5 Å². The Bertz CT molecular complexity index is 441. The second-order valence-electron chi connectivity index (χ2n) is 3.27. The predicted molar refractivity (Wildman–Crippen MR) is 55.7 cm³/mol. The van der Waals surface area contributed by atoms with Crippen molar-refractivity contribution in [2.75, 3.05) is 13.7 Å². The van der Waals surface area contributed by atoms with Crippen LogP contribution in [0.15, 0.2) is 12.1 Å². The minimum Gasteiger partial charge on any atom is -0.502 e. The van der Waals surface area contributed by atoms with Gasteiger partial charge in [-0.1, -0.05) is 0 Å². The van der Waals surface area contributed by atoms with Crippen LogP contribution in [-0.2, 0) is 4.74 Å². The second-order valence-corrected chi connectivity index (χ2v) is 3.27. The fourth-order valence-corrected chi connectivity index (χ4v) is 1.28. The van der Waals surface area contributed by atoms with Gasteiger partial charge in [-0.05, 0) is 18.6 Å². The van der Waals surface area contributed by atoms with Gasteiger partial charge in [-0.2, -0.15) is 0 Å². The Morgan fingerprint density at radius 1 is 1.56 bits per heavy atom. The summed E-state index contributed by atoms with van der Waals surface area (Å²) in [5, 5.41) is 20.0. The normalized spacial score (nSPS) is 10.1. The van der Waals surface area contributed by atoms with Crippen molar-refractivity contribution in [2.24, 2.45) is 0 Å². The zero-order valence-electron chi connectivity index (χ0n) is 8.89. The van der Waals surface area contributed by atoms with Gasteiger partial charge in [0.05, 0.1) is 4.92 Å². The van der Waals surface area contributed by atoms with Gasteiger partial charge in [0.25, 0.3) is 0 Å². The fraction of sp³-hybridized carbons (Fsp3) is 0.300. The molecule has 0 amide bonds. The largest absolute Gasteiger partial charge is 0.502 e. The molecule has 86 valence electrons. The van der Waals surface area contributed by atoms with Crippen molar-refractivity contribution < 1.29 is 19.6 Å². The van der Waals surface area contributed by atoms with Crippen LogP contribution in [0.4, 0.5) is 5.69 Å². The summed E-state index contributed by atoms with van der Waals surface area (Å²) in [5.41, 5.74) is -0.0306. The van der Waals surface area contributed by atoms with Crippen LogP contribution in [0, 0.1) is 17.0 Å². The molecule has 1 rings (SSSR count). The molecule has 0 unspecified atom stereocenters. The van der Waals surface area contributed by atoms with E-state index in [1.165, 1.54) is 20.1 Å². The van der Waals surface area contributed by atoms with Crippen LogP contribution in [0.1, 0.15) is 15.9 Å². The fourth-order valence-electron chi connectivity index (χ4n) is 1.28. The Balaban J connectivity index is 3.24. The Morgan fingerprint density at radius 3 is 2.69 bits per heavy atom. The van der Waals surface area contributed by atoms with Crippen LogP contribution in [0.25, 0.3) is 0 Å². The topological polar surface area (TPSA) is 89.7 Å². The highest BCUT2D eigenvalue weighted by Gasteiger charge is 2.19. The van der Waals surface area contributed by atoms with Gasteiger partial charge < -0.3 is 9.84 Å². The number of Topliss-reactive ketones (excluding diaryl/α,β-unsaturated/α-hetero) is 1. The molecule has 0 bridgehead atoms. The number of carbonyl (C=O) groups excluding carboxylic acids is 1. The molecule has 1 aromatic rings. The molecule has 6 heteroatoms. The third-order valence-corrected chi connectivity index (χ3v) is 2.07. The lowest BCUT2D eigenvalue weighted by Crippen LogP contribution is -2.08. The molecule has 0 fully saturated rings. The molecular formula is C10H11NO5. The first-order valence-corrected chi connectivity index (χ1v) is 4.47. The maximum absolute atomic E-state index is 11.5. The molecule has 0 aliphatic heterocycles. The third-order valence-electron chi connectivity index (χ3n) is 2.07. The van der Waals surface area contributed by atoms with E-state index in [9.17, 15) is 20.0 Å². The van der Waals surface area contributed by atoms with Crippen molar-refractivity contribution >= 4 is 11.5 Å². The summed E-state index contributed by atoms with van der Waals surface area (Å²) in [5.74, 6) is -0.785. The molecule has 0 saturated carbocycles. The quantitative estimate of drug-likeness (QED) is 0.475. The maximum Gasteiger partial charge on any atom is 0.311 e. The summed E-state index contributed by atoms with van der Waals surface area (Å²) in [6.45, 7) is 1.34. The van der Waals surface area contributed by atoms with Crippen LogP contribution in [0.3, 0.4) is 0 Å². The zero-order chi connectivity index (χ0) is 12.3.